The van der Waals surface area contributed by atoms with Crippen LogP contribution in [-0.4, -0.2) is 90.7 Å². The maximum atomic E-state index is 9.95. The zero-order valence-corrected chi connectivity index (χ0v) is 23.6. The highest BCUT2D eigenvalue weighted by Crippen LogP contribution is 1.93. The van der Waals surface area contributed by atoms with Crippen molar-refractivity contribution in [1.29, 1.82) is 0 Å². The summed E-state index contributed by atoms with van der Waals surface area (Å²) in [5.74, 6) is 0. The Balaban J connectivity index is -0.0000000941. The lowest BCUT2D eigenvalue weighted by Gasteiger charge is -1.99. The standard InChI is InChI=1S/C5H6Cl2O4.2C4H4Cl2O4.3CO2/c6-4(8)10-2-1-3-11-5(7)9;2*5-3(7)9-1-2-10-4(6)8;3*2-1-3/h1-3H2;2*1-2H2;;;. The molecule has 0 saturated heterocycles. The van der Waals surface area contributed by atoms with Crippen LogP contribution in [0, 0.1) is 0 Å². The predicted octanol–water partition coefficient (Wildman–Crippen LogP) is 3.85. The van der Waals surface area contributed by atoms with Crippen LogP contribution in [-0.2, 0) is 57.2 Å². The molecule has 228 valence electrons. The van der Waals surface area contributed by atoms with Crippen LogP contribution >= 0.6 is 69.6 Å². The van der Waals surface area contributed by atoms with Crippen LogP contribution in [0.2, 0.25) is 0 Å². The van der Waals surface area contributed by atoms with Crippen LogP contribution < -0.4 is 0 Å². The van der Waals surface area contributed by atoms with Gasteiger partial charge in [-0.2, -0.15) is 28.8 Å². The minimum absolute atomic E-state index is 0.0825. The van der Waals surface area contributed by atoms with Gasteiger partial charge in [0.15, 0.2) is 0 Å². The molecule has 0 fully saturated rings. The quantitative estimate of drug-likeness (QED) is 0.177. The van der Waals surface area contributed by atoms with E-state index in [9.17, 15) is 28.8 Å². The van der Waals surface area contributed by atoms with Crippen molar-refractivity contribution < 1.29 is 86.0 Å². The molecule has 0 unspecified atom stereocenters. The van der Waals surface area contributed by atoms with Crippen molar-refractivity contribution in [3.63, 3.8) is 0 Å². The molecular weight excluding hydrogens is 693 g/mol. The molecule has 0 bridgehead atoms. The van der Waals surface area contributed by atoms with Gasteiger partial charge in [0, 0.05) is 76.0 Å². The van der Waals surface area contributed by atoms with Crippen LogP contribution in [0.25, 0.3) is 0 Å². The van der Waals surface area contributed by atoms with Gasteiger partial charge in [-0.3, -0.25) is 0 Å². The number of ether oxygens (including phenoxy) is 6. The van der Waals surface area contributed by atoms with E-state index in [1.807, 2.05) is 0 Å². The Morgan fingerprint density at radius 2 is 0.475 bits per heavy atom. The van der Waals surface area contributed by atoms with Gasteiger partial charge in [-0.15, -0.1) is 0 Å². The smallest absolute Gasteiger partial charge is 0.403 e. The third-order valence-corrected chi connectivity index (χ3v) is 2.40. The van der Waals surface area contributed by atoms with Gasteiger partial charge in [0.2, 0.25) is 0 Å². The fourth-order valence-corrected chi connectivity index (χ4v) is 1.31. The van der Waals surface area contributed by atoms with E-state index >= 15 is 0 Å². The zero-order valence-electron chi connectivity index (χ0n) is 19.1. The average Bonchev–Trinajstić information content (AvgIpc) is 2.81. The molecule has 40 heavy (non-hydrogen) atoms. The fourth-order valence-electron chi connectivity index (χ4n) is 0.851. The van der Waals surface area contributed by atoms with Crippen LogP contribution in [0.15, 0.2) is 0 Å². The number of hydrogen-bond acceptors (Lipinski definition) is 18. The number of hydrogen-bond donors (Lipinski definition) is 0. The Labute approximate surface area is 252 Å². The van der Waals surface area contributed by atoms with Crippen molar-refractivity contribution in [3.05, 3.63) is 0 Å². The van der Waals surface area contributed by atoms with Crippen molar-refractivity contribution in [1.82, 2.24) is 0 Å². The summed E-state index contributed by atoms with van der Waals surface area (Å²) in [6.45, 7) is -0.0951. The number of carbonyl (C=O) groups is 6. The number of halogens is 6. The van der Waals surface area contributed by atoms with Gasteiger partial charge in [-0.1, -0.05) is 0 Å². The van der Waals surface area contributed by atoms with Gasteiger partial charge < -0.3 is 28.4 Å². The Morgan fingerprint density at radius 3 is 0.600 bits per heavy atom. The average molecular weight is 707 g/mol. The second kappa shape index (κ2) is 45.6. The Kier molecular flexibility index (Phi) is 56.6. The molecule has 0 heterocycles. The zero-order chi connectivity index (χ0) is 32.8. The van der Waals surface area contributed by atoms with Gasteiger partial charge in [-0.25, -0.2) is 28.8 Å². The molecular formula is C16H14Cl6O18. The lowest BCUT2D eigenvalue weighted by molar-refractivity contribution is -0.193. The molecule has 0 rings (SSSR count). The Bertz CT molecular complexity index is 709. The molecule has 0 atom stereocenters. The van der Waals surface area contributed by atoms with Crippen molar-refractivity contribution in [2.75, 3.05) is 39.6 Å². The molecule has 0 N–H and O–H groups in total. The molecule has 0 aliphatic heterocycles. The third-order valence-electron chi connectivity index (χ3n) is 1.75. The van der Waals surface area contributed by atoms with E-state index in [0.717, 1.165) is 0 Å². The molecule has 0 aromatic rings. The molecule has 0 spiro atoms. The topological polar surface area (TPSA) is 260 Å². The monoisotopic (exact) mass is 704 g/mol. The largest absolute Gasteiger partial charge is 0.454 e. The number of carbonyl (C=O) groups excluding carboxylic acids is 12. The molecule has 0 aliphatic carbocycles. The summed E-state index contributed by atoms with van der Waals surface area (Å²) in [4.78, 5) is 108. The molecule has 0 radical (unpaired) electrons. The first-order valence-corrected chi connectivity index (χ1v) is 10.8. The summed E-state index contributed by atoms with van der Waals surface area (Å²) in [7, 11) is 0. The highest BCUT2D eigenvalue weighted by molar-refractivity contribution is 6.62. The van der Waals surface area contributed by atoms with E-state index in [0.29, 0.717) is 6.42 Å². The van der Waals surface area contributed by atoms with E-state index in [1.54, 1.807) is 0 Å². The molecule has 0 aromatic heterocycles. The summed E-state index contributed by atoms with van der Waals surface area (Å²) < 4.78 is 25.4. The summed E-state index contributed by atoms with van der Waals surface area (Å²) >= 11 is 28.7. The highest BCUT2D eigenvalue weighted by Gasteiger charge is 1.99. The second-order valence-electron chi connectivity index (χ2n) is 4.12. The molecule has 0 saturated carbocycles. The number of rotatable bonds is 10. The molecule has 0 aromatic carbocycles. The van der Waals surface area contributed by atoms with E-state index in [4.69, 9.17) is 98.4 Å². The van der Waals surface area contributed by atoms with Gasteiger partial charge in [0.25, 0.3) is 0 Å². The van der Waals surface area contributed by atoms with E-state index < -0.39 is 32.6 Å². The first kappa shape index (κ1) is 49.6. The fraction of sp³-hybridized carbons (Fsp3) is 0.438. The van der Waals surface area contributed by atoms with Crippen molar-refractivity contribution >= 4 is 121 Å². The summed E-state index contributed by atoms with van der Waals surface area (Å²) in [5, 5.41) is 0. The Morgan fingerprint density at radius 1 is 0.350 bits per heavy atom. The van der Waals surface area contributed by atoms with Gasteiger partial charge in [0.05, 0.1) is 13.2 Å². The van der Waals surface area contributed by atoms with Crippen molar-refractivity contribution in [2.45, 2.75) is 6.42 Å². The van der Waals surface area contributed by atoms with Crippen LogP contribution in [0.3, 0.4) is 0 Å². The van der Waals surface area contributed by atoms with E-state index in [1.165, 1.54) is 0 Å². The van der Waals surface area contributed by atoms with E-state index in [-0.39, 0.29) is 58.1 Å². The lowest BCUT2D eigenvalue weighted by Crippen LogP contribution is -2.06. The van der Waals surface area contributed by atoms with Gasteiger partial charge in [0.1, 0.15) is 26.4 Å². The molecule has 0 amide bonds. The third kappa shape index (κ3) is 113. The minimum atomic E-state index is -0.939. The van der Waals surface area contributed by atoms with Crippen molar-refractivity contribution in [2.24, 2.45) is 0 Å². The maximum Gasteiger partial charge on any atom is 0.403 e. The maximum absolute atomic E-state index is 9.95. The predicted molar refractivity (Wildman–Crippen MR) is 123 cm³/mol. The first-order valence-electron chi connectivity index (χ1n) is 8.54. The molecule has 0 aliphatic rings. The van der Waals surface area contributed by atoms with E-state index in [2.05, 4.69) is 28.4 Å². The second-order valence-corrected chi connectivity index (χ2v) is 5.97. The Hall–Kier alpha value is -3.30. The normalized spacial score (nSPS) is 7.35. The molecule has 24 heteroatoms. The SMILES string of the molecule is O=C(Cl)OCCCOC(=O)Cl.O=C(Cl)OCCOC(=O)Cl.O=C(Cl)OCCOC(=O)Cl.O=C=O.O=C=O.O=C=O. The minimum Gasteiger partial charge on any atom is -0.454 e. The lowest BCUT2D eigenvalue weighted by atomic mass is 10.5. The first-order chi connectivity index (χ1) is 18.6. The molecule has 18 nitrogen and oxygen atoms in total. The van der Waals surface area contributed by atoms with Crippen LogP contribution in [0.5, 0.6) is 0 Å². The van der Waals surface area contributed by atoms with Crippen LogP contribution in [0.1, 0.15) is 6.42 Å². The summed E-state index contributed by atoms with van der Waals surface area (Å²) in [5.41, 5.74) is -5.50. The van der Waals surface area contributed by atoms with Gasteiger partial charge in [-0.05, 0) is 0 Å². The summed E-state index contributed by atoms with van der Waals surface area (Å²) in [6, 6.07) is 0. The van der Waals surface area contributed by atoms with Crippen LogP contribution in [0.4, 0.5) is 28.8 Å². The van der Waals surface area contributed by atoms with Crippen molar-refractivity contribution in [3.8, 4) is 0 Å². The van der Waals surface area contributed by atoms with Gasteiger partial charge >= 0.3 is 51.0 Å². The summed E-state index contributed by atoms with van der Waals surface area (Å²) in [6.07, 6.45) is 1.14. The highest BCUT2D eigenvalue weighted by atomic mass is 35.5.